The van der Waals surface area contributed by atoms with E-state index >= 15 is 0 Å². The molecule has 0 radical (unpaired) electrons. The molecule has 0 bridgehead atoms. The van der Waals surface area contributed by atoms with Gasteiger partial charge in [-0.3, -0.25) is 0 Å². The van der Waals surface area contributed by atoms with E-state index in [1.165, 1.54) is 0 Å². The van der Waals surface area contributed by atoms with Crippen LogP contribution >= 0.6 is 11.6 Å². The average Bonchev–Trinajstić information content (AvgIpc) is 3.37. The fraction of sp³-hybridized carbons (Fsp3) is 0.333. The number of carbonyl (C=O) groups excluding carboxylic acids is 2. The first-order valence-electron chi connectivity index (χ1n) is 10.5. The van der Waals surface area contributed by atoms with Crippen LogP contribution in [-0.4, -0.2) is 35.5 Å². The first kappa shape index (κ1) is 22.8. The second-order valence-electron chi connectivity index (χ2n) is 8.67. The van der Waals surface area contributed by atoms with Crippen LogP contribution in [0.4, 0.5) is 4.79 Å². The molecular weight excluding hydrogens is 448 g/mol. The van der Waals surface area contributed by atoms with Gasteiger partial charge in [0.15, 0.2) is 11.5 Å². The molecule has 1 aliphatic heterocycles. The molecule has 0 fully saturated rings. The van der Waals surface area contributed by atoms with Gasteiger partial charge in [0.2, 0.25) is 6.79 Å². The van der Waals surface area contributed by atoms with Crippen molar-refractivity contribution in [2.45, 2.75) is 45.4 Å². The third-order valence-corrected chi connectivity index (χ3v) is 5.33. The molecule has 0 saturated heterocycles. The lowest BCUT2D eigenvalue weighted by atomic mass is 10.0. The fourth-order valence-corrected chi connectivity index (χ4v) is 3.69. The number of alkyl carbamates (subject to hydrolysis) is 1. The van der Waals surface area contributed by atoms with Gasteiger partial charge >= 0.3 is 12.1 Å². The molecule has 9 heteroatoms. The molecule has 1 atom stereocenters. The third kappa shape index (κ3) is 5.51. The Morgan fingerprint density at radius 2 is 1.88 bits per heavy atom. The number of carbonyl (C=O) groups is 2. The van der Waals surface area contributed by atoms with Gasteiger partial charge in [0.1, 0.15) is 18.2 Å². The molecule has 0 saturated carbocycles. The summed E-state index contributed by atoms with van der Waals surface area (Å²) in [6.07, 6.45) is 1.29. The first-order valence-corrected chi connectivity index (χ1v) is 10.9. The lowest BCUT2D eigenvalue weighted by molar-refractivity contribution is -0.157. The number of aromatic nitrogens is 1. The Hall–Kier alpha value is -3.39. The van der Waals surface area contributed by atoms with Crippen LogP contribution in [0.1, 0.15) is 31.9 Å². The number of esters is 1. The van der Waals surface area contributed by atoms with Crippen molar-refractivity contribution in [1.29, 1.82) is 0 Å². The number of H-pyrrole nitrogens is 1. The Balaban J connectivity index is 1.46. The summed E-state index contributed by atoms with van der Waals surface area (Å²) in [4.78, 5) is 28.6. The lowest BCUT2D eigenvalue weighted by Gasteiger charge is -2.24. The molecule has 8 nitrogen and oxygen atoms in total. The van der Waals surface area contributed by atoms with Crippen molar-refractivity contribution in [2.75, 3.05) is 6.79 Å². The summed E-state index contributed by atoms with van der Waals surface area (Å²) in [6.45, 7) is 5.33. The van der Waals surface area contributed by atoms with E-state index in [1.54, 1.807) is 32.9 Å². The minimum absolute atomic E-state index is 0.102. The Morgan fingerprint density at radius 3 is 2.64 bits per heavy atom. The van der Waals surface area contributed by atoms with Crippen molar-refractivity contribution < 1.29 is 28.5 Å². The fourth-order valence-electron chi connectivity index (χ4n) is 3.48. The highest BCUT2D eigenvalue weighted by Gasteiger charge is 2.28. The van der Waals surface area contributed by atoms with Gasteiger partial charge in [-0.05, 0) is 38.5 Å². The van der Waals surface area contributed by atoms with E-state index < -0.39 is 23.7 Å². The molecule has 1 amide bonds. The number of amides is 1. The molecule has 2 N–H and O–H groups in total. The molecule has 4 rings (SSSR count). The van der Waals surface area contributed by atoms with Gasteiger partial charge < -0.3 is 29.2 Å². The van der Waals surface area contributed by atoms with Crippen molar-refractivity contribution >= 4 is 34.6 Å². The molecule has 0 spiro atoms. The van der Waals surface area contributed by atoms with E-state index in [4.69, 9.17) is 30.5 Å². The quantitative estimate of drug-likeness (QED) is 0.503. The van der Waals surface area contributed by atoms with E-state index in [2.05, 4.69) is 10.3 Å². The maximum atomic E-state index is 12.9. The Kier molecular flexibility index (Phi) is 6.37. The molecule has 1 aromatic heterocycles. The van der Waals surface area contributed by atoms with Gasteiger partial charge in [-0.1, -0.05) is 29.8 Å². The minimum atomic E-state index is -0.942. The molecule has 33 heavy (non-hydrogen) atoms. The summed E-state index contributed by atoms with van der Waals surface area (Å²) in [5, 5.41) is 3.99. The molecular formula is C24H25ClN2O6. The first-order chi connectivity index (χ1) is 15.7. The summed E-state index contributed by atoms with van der Waals surface area (Å²) in [5.74, 6) is 0.520. The van der Waals surface area contributed by atoms with Crippen LogP contribution in [0.5, 0.6) is 11.5 Å². The van der Waals surface area contributed by atoms with Crippen LogP contribution in [0.3, 0.4) is 0 Å². The number of hydrogen-bond acceptors (Lipinski definition) is 6. The maximum absolute atomic E-state index is 12.9. The van der Waals surface area contributed by atoms with Crippen molar-refractivity contribution in [3.63, 3.8) is 0 Å². The molecule has 0 aliphatic carbocycles. The number of rotatable bonds is 6. The summed E-state index contributed by atoms with van der Waals surface area (Å²) in [5.41, 5.74) is 1.67. The predicted octanol–water partition coefficient (Wildman–Crippen LogP) is 4.73. The lowest BCUT2D eigenvalue weighted by Crippen LogP contribution is -2.45. The van der Waals surface area contributed by atoms with Gasteiger partial charge in [0.05, 0.1) is 5.02 Å². The zero-order chi connectivity index (χ0) is 23.6. The normalized spacial score (nSPS) is 13.6. The number of benzene rings is 2. The van der Waals surface area contributed by atoms with Gasteiger partial charge in [-0.25, -0.2) is 9.59 Å². The summed E-state index contributed by atoms with van der Waals surface area (Å²) in [6, 6.07) is 10.1. The van der Waals surface area contributed by atoms with E-state index in [1.807, 2.05) is 30.5 Å². The SMILES string of the molecule is CC(C)(C)OC(=O)C(Cc1c[nH]c2ccccc12)NC(=O)OCc1cc2c(cc1Cl)OCO2. The van der Waals surface area contributed by atoms with Crippen LogP contribution in [0.25, 0.3) is 10.9 Å². The summed E-state index contributed by atoms with van der Waals surface area (Å²) >= 11 is 6.25. The van der Waals surface area contributed by atoms with Crippen LogP contribution < -0.4 is 14.8 Å². The Bertz CT molecular complexity index is 1180. The van der Waals surface area contributed by atoms with Crippen molar-refractivity contribution in [2.24, 2.45) is 0 Å². The van der Waals surface area contributed by atoms with E-state index in [0.717, 1.165) is 16.5 Å². The van der Waals surface area contributed by atoms with Crippen molar-refractivity contribution in [1.82, 2.24) is 10.3 Å². The van der Waals surface area contributed by atoms with Crippen LogP contribution in [0.15, 0.2) is 42.6 Å². The molecule has 2 heterocycles. The van der Waals surface area contributed by atoms with Crippen LogP contribution in [0.2, 0.25) is 5.02 Å². The van der Waals surface area contributed by atoms with E-state index in [-0.39, 0.29) is 19.8 Å². The van der Waals surface area contributed by atoms with E-state index in [0.29, 0.717) is 22.1 Å². The Morgan fingerprint density at radius 1 is 1.15 bits per heavy atom. The maximum Gasteiger partial charge on any atom is 0.408 e. The number of ether oxygens (including phenoxy) is 4. The monoisotopic (exact) mass is 472 g/mol. The molecule has 1 aliphatic rings. The topological polar surface area (TPSA) is 98.9 Å². The van der Waals surface area contributed by atoms with Crippen LogP contribution in [0, 0.1) is 0 Å². The summed E-state index contributed by atoms with van der Waals surface area (Å²) in [7, 11) is 0. The van der Waals surface area contributed by atoms with Crippen molar-refractivity contribution in [3.05, 3.63) is 58.7 Å². The number of aromatic amines is 1. The third-order valence-electron chi connectivity index (χ3n) is 4.98. The predicted molar refractivity (Wildman–Crippen MR) is 123 cm³/mol. The second kappa shape index (κ2) is 9.23. The van der Waals surface area contributed by atoms with Gasteiger partial charge in [-0.2, -0.15) is 0 Å². The highest BCUT2D eigenvalue weighted by molar-refractivity contribution is 6.31. The van der Waals surface area contributed by atoms with Gasteiger partial charge in [0.25, 0.3) is 0 Å². The smallest absolute Gasteiger partial charge is 0.408 e. The Labute approximate surface area is 196 Å². The zero-order valence-electron chi connectivity index (χ0n) is 18.6. The molecule has 174 valence electrons. The molecule has 3 aromatic rings. The summed E-state index contributed by atoms with van der Waals surface area (Å²) < 4.78 is 21.5. The minimum Gasteiger partial charge on any atom is -0.458 e. The number of fused-ring (bicyclic) bond motifs is 2. The number of halogens is 1. The molecule has 1 unspecified atom stereocenters. The highest BCUT2D eigenvalue weighted by atomic mass is 35.5. The molecule has 2 aromatic carbocycles. The zero-order valence-corrected chi connectivity index (χ0v) is 19.3. The average molecular weight is 473 g/mol. The standard InChI is InChI=1S/C24H25ClN2O6/c1-24(2,3)33-22(28)19(8-14-11-26-18-7-5-4-6-16(14)18)27-23(29)30-12-15-9-20-21(10-17(15)25)32-13-31-20/h4-7,9-11,19,26H,8,12-13H2,1-3H3,(H,27,29). The number of nitrogens with one attached hydrogen (secondary N) is 2. The van der Waals surface area contributed by atoms with E-state index in [9.17, 15) is 9.59 Å². The van der Waals surface area contributed by atoms with Gasteiger partial charge in [0, 0.05) is 35.2 Å². The number of hydrogen-bond donors (Lipinski definition) is 2. The van der Waals surface area contributed by atoms with Crippen molar-refractivity contribution in [3.8, 4) is 11.5 Å². The number of para-hydroxylation sites is 1. The second-order valence-corrected chi connectivity index (χ2v) is 9.07. The largest absolute Gasteiger partial charge is 0.458 e. The van der Waals surface area contributed by atoms with Gasteiger partial charge in [-0.15, -0.1) is 0 Å². The van der Waals surface area contributed by atoms with Crippen LogP contribution in [-0.2, 0) is 27.3 Å². The highest BCUT2D eigenvalue weighted by Crippen LogP contribution is 2.37.